The van der Waals surface area contributed by atoms with Crippen LogP contribution in [0.25, 0.3) is 0 Å². The summed E-state index contributed by atoms with van der Waals surface area (Å²) in [5.74, 6) is 0.210. The summed E-state index contributed by atoms with van der Waals surface area (Å²) in [4.78, 5) is 0. The zero-order valence-corrected chi connectivity index (χ0v) is 11.4. The van der Waals surface area contributed by atoms with E-state index in [1.807, 2.05) is 13.0 Å². The molecule has 0 aliphatic heterocycles. The van der Waals surface area contributed by atoms with E-state index in [4.69, 9.17) is 16.3 Å². The Morgan fingerprint density at radius 2 is 1.79 bits per heavy atom. The smallest absolute Gasteiger partial charge is 0.142 e. The number of benzene rings is 2. The molecule has 0 aromatic heterocycles. The molecule has 0 aliphatic carbocycles. The van der Waals surface area contributed by atoms with Gasteiger partial charge in [0.05, 0.1) is 12.1 Å². The fraction of sp³-hybridized carbons (Fsp3) is 0.200. The summed E-state index contributed by atoms with van der Waals surface area (Å²) in [6, 6.07) is 9.63. The molecule has 0 bridgehead atoms. The lowest BCUT2D eigenvalue weighted by molar-refractivity contribution is 0.219. The van der Waals surface area contributed by atoms with Crippen molar-refractivity contribution in [3.63, 3.8) is 0 Å². The van der Waals surface area contributed by atoms with Crippen molar-refractivity contribution in [1.29, 1.82) is 0 Å². The molecule has 0 saturated carbocycles. The van der Waals surface area contributed by atoms with Crippen molar-refractivity contribution in [3.05, 3.63) is 63.9 Å². The first-order valence-corrected chi connectivity index (χ1v) is 6.18. The molecular weight excluding hydrogens is 267 g/mol. The molecule has 2 aromatic carbocycles. The summed E-state index contributed by atoms with van der Waals surface area (Å²) in [6.45, 7) is 1.89. The molecule has 1 unspecified atom stereocenters. The maximum Gasteiger partial charge on any atom is 0.142 e. The number of aliphatic hydroxyl groups excluding tert-OH is 1. The second-order valence-electron chi connectivity index (χ2n) is 4.31. The number of methoxy groups -OCH3 is 1. The molecule has 2 rings (SSSR count). The Labute approximate surface area is 116 Å². The Hall–Kier alpha value is -1.58. The molecule has 0 saturated heterocycles. The van der Waals surface area contributed by atoms with Gasteiger partial charge in [0.2, 0.25) is 0 Å². The van der Waals surface area contributed by atoms with E-state index < -0.39 is 11.9 Å². The summed E-state index contributed by atoms with van der Waals surface area (Å²) in [6.07, 6.45) is -0.892. The van der Waals surface area contributed by atoms with E-state index in [1.165, 1.54) is 12.1 Å². The Bertz CT molecular complexity index is 599. The lowest BCUT2D eigenvalue weighted by atomic mass is 9.99. The van der Waals surface area contributed by atoms with Gasteiger partial charge in [0.15, 0.2) is 0 Å². The molecule has 0 amide bonds. The first-order chi connectivity index (χ1) is 9.02. The van der Waals surface area contributed by atoms with Gasteiger partial charge in [-0.15, -0.1) is 0 Å². The zero-order valence-electron chi connectivity index (χ0n) is 10.7. The van der Waals surface area contributed by atoms with Gasteiger partial charge in [-0.25, -0.2) is 4.39 Å². The second-order valence-corrected chi connectivity index (χ2v) is 4.71. The predicted octanol–water partition coefficient (Wildman–Crippen LogP) is 3.88. The van der Waals surface area contributed by atoms with Crippen LogP contribution >= 0.6 is 11.6 Å². The number of aliphatic hydroxyl groups is 1. The molecule has 0 aliphatic rings. The summed E-state index contributed by atoms with van der Waals surface area (Å²) in [7, 11) is 1.59. The van der Waals surface area contributed by atoms with Crippen LogP contribution in [0.15, 0.2) is 36.4 Å². The summed E-state index contributed by atoms with van der Waals surface area (Å²) < 4.78 is 18.6. The monoisotopic (exact) mass is 280 g/mol. The lowest BCUT2D eigenvalue weighted by Gasteiger charge is -2.14. The van der Waals surface area contributed by atoms with E-state index in [-0.39, 0.29) is 5.02 Å². The molecule has 0 radical (unpaired) electrons. The fourth-order valence-electron chi connectivity index (χ4n) is 1.95. The van der Waals surface area contributed by atoms with Gasteiger partial charge < -0.3 is 9.84 Å². The Morgan fingerprint density at radius 1 is 1.16 bits per heavy atom. The minimum absolute atomic E-state index is 0.0434. The molecule has 2 aromatic rings. The maximum atomic E-state index is 13.4. The third-order valence-corrected chi connectivity index (χ3v) is 3.30. The Kier molecular flexibility index (Phi) is 4.08. The van der Waals surface area contributed by atoms with Gasteiger partial charge in [0, 0.05) is 0 Å². The van der Waals surface area contributed by atoms with E-state index in [9.17, 15) is 9.50 Å². The van der Waals surface area contributed by atoms with Crippen molar-refractivity contribution < 1.29 is 14.2 Å². The predicted molar refractivity (Wildman–Crippen MR) is 73.2 cm³/mol. The van der Waals surface area contributed by atoms with Gasteiger partial charge >= 0.3 is 0 Å². The molecule has 100 valence electrons. The second kappa shape index (κ2) is 5.59. The molecule has 4 heteroatoms. The number of hydrogen-bond acceptors (Lipinski definition) is 2. The molecule has 0 heterocycles. The van der Waals surface area contributed by atoms with Gasteiger partial charge in [0.25, 0.3) is 0 Å². The maximum absolute atomic E-state index is 13.4. The van der Waals surface area contributed by atoms with Crippen LogP contribution < -0.4 is 4.74 Å². The van der Waals surface area contributed by atoms with Crippen LogP contribution in [0.5, 0.6) is 5.75 Å². The van der Waals surface area contributed by atoms with E-state index >= 15 is 0 Å². The topological polar surface area (TPSA) is 29.5 Å². The van der Waals surface area contributed by atoms with E-state index in [2.05, 4.69) is 0 Å². The Balaban J connectivity index is 2.35. The van der Waals surface area contributed by atoms with E-state index in [0.717, 1.165) is 11.3 Å². The molecule has 1 atom stereocenters. The minimum Gasteiger partial charge on any atom is -0.496 e. The molecular formula is C15H14ClFO2. The average Bonchev–Trinajstić information content (AvgIpc) is 2.41. The van der Waals surface area contributed by atoms with Crippen LogP contribution in [0.2, 0.25) is 5.02 Å². The van der Waals surface area contributed by atoms with Crippen molar-refractivity contribution in [2.45, 2.75) is 13.0 Å². The van der Waals surface area contributed by atoms with Crippen LogP contribution in [0.3, 0.4) is 0 Å². The van der Waals surface area contributed by atoms with Gasteiger partial charge in [-0.2, -0.15) is 0 Å². The van der Waals surface area contributed by atoms with Crippen LogP contribution in [0.1, 0.15) is 22.8 Å². The minimum atomic E-state index is -0.892. The zero-order chi connectivity index (χ0) is 14.0. The summed E-state index contributed by atoms with van der Waals surface area (Å²) in [5, 5.41) is 10.3. The highest BCUT2D eigenvalue weighted by Gasteiger charge is 2.13. The third-order valence-electron chi connectivity index (χ3n) is 2.99. The van der Waals surface area contributed by atoms with Gasteiger partial charge in [0.1, 0.15) is 17.7 Å². The van der Waals surface area contributed by atoms with Gasteiger partial charge in [-0.3, -0.25) is 0 Å². The average molecular weight is 281 g/mol. The van der Waals surface area contributed by atoms with Crippen molar-refractivity contribution in [2.24, 2.45) is 0 Å². The molecule has 19 heavy (non-hydrogen) atoms. The van der Waals surface area contributed by atoms with Crippen molar-refractivity contribution >= 4 is 11.6 Å². The molecule has 0 fully saturated rings. The highest BCUT2D eigenvalue weighted by molar-refractivity contribution is 6.30. The normalized spacial score (nSPS) is 12.3. The summed E-state index contributed by atoms with van der Waals surface area (Å²) in [5.41, 5.74) is 2.06. The summed E-state index contributed by atoms with van der Waals surface area (Å²) >= 11 is 5.62. The Morgan fingerprint density at radius 3 is 2.37 bits per heavy atom. The first-order valence-electron chi connectivity index (χ1n) is 5.80. The largest absolute Gasteiger partial charge is 0.496 e. The highest BCUT2D eigenvalue weighted by atomic mass is 35.5. The molecule has 0 spiro atoms. The molecule has 2 nitrogen and oxygen atoms in total. The van der Waals surface area contributed by atoms with Gasteiger partial charge in [-0.1, -0.05) is 23.7 Å². The fourth-order valence-corrected chi connectivity index (χ4v) is 2.06. The SMILES string of the molecule is COc1ccc(C(O)c2ccc(Cl)c(F)c2)cc1C. The number of rotatable bonds is 3. The van der Waals surface area contributed by atoms with E-state index in [1.54, 1.807) is 25.3 Å². The van der Waals surface area contributed by atoms with Crippen LogP contribution in [0.4, 0.5) is 4.39 Å². The van der Waals surface area contributed by atoms with Crippen LogP contribution in [-0.4, -0.2) is 12.2 Å². The lowest BCUT2D eigenvalue weighted by Crippen LogP contribution is -2.01. The standard InChI is InChI=1S/C15H14ClFO2/c1-9-7-10(4-6-14(9)19-2)15(18)11-3-5-12(16)13(17)8-11/h3-8,15,18H,1-2H3. The number of hydrogen-bond donors (Lipinski definition) is 1. The van der Waals surface area contributed by atoms with E-state index in [0.29, 0.717) is 11.1 Å². The van der Waals surface area contributed by atoms with Crippen molar-refractivity contribution in [3.8, 4) is 5.75 Å². The van der Waals surface area contributed by atoms with Gasteiger partial charge in [-0.05, 0) is 47.9 Å². The highest BCUT2D eigenvalue weighted by Crippen LogP contribution is 2.28. The quantitative estimate of drug-likeness (QED) is 0.924. The third kappa shape index (κ3) is 2.88. The number of ether oxygens (including phenoxy) is 1. The van der Waals surface area contributed by atoms with Crippen LogP contribution in [-0.2, 0) is 0 Å². The molecule has 1 N–H and O–H groups in total. The first kappa shape index (κ1) is 13.8. The van der Waals surface area contributed by atoms with Crippen molar-refractivity contribution in [2.75, 3.05) is 7.11 Å². The van der Waals surface area contributed by atoms with Crippen LogP contribution in [0, 0.1) is 12.7 Å². The number of aryl methyl sites for hydroxylation is 1. The van der Waals surface area contributed by atoms with Crippen molar-refractivity contribution in [1.82, 2.24) is 0 Å². The number of halogens is 2.